The van der Waals surface area contributed by atoms with Crippen molar-refractivity contribution in [2.75, 3.05) is 0 Å². The molecule has 1 aromatic heterocycles. The molecule has 114 valence electrons. The van der Waals surface area contributed by atoms with E-state index in [4.69, 9.17) is 0 Å². The van der Waals surface area contributed by atoms with Gasteiger partial charge in [-0.05, 0) is 23.9 Å². The lowest BCUT2D eigenvalue weighted by atomic mass is 9.97. The lowest BCUT2D eigenvalue weighted by Gasteiger charge is -2.10. The fraction of sp³-hybridized carbons (Fsp3) is 0.500. The van der Waals surface area contributed by atoms with Crippen molar-refractivity contribution < 1.29 is 9.90 Å². The summed E-state index contributed by atoms with van der Waals surface area (Å²) in [6.07, 6.45) is 7.83. The number of hydrogen-bond acceptors (Lipinski definition) is 1. The number of nitrogens with one attached hydrogen (secondary N) is 1. The maximum atomic E-state index is 11.5. The minimum Gasteiger partial charge on any atom is -0.481 e. The van der Waals surface area contributed by atoms with Gasteiger partial charge in [-0.1, -0.05) is 63.6 Å². The third kappa shape index (κ3) is 4.35. The second-order valence-corrected chi connectivity index (χ2v) is 5.76. The highest BCUT2D eigenvalue weighted by Gasteiger charge is 2.21. The molecule has 3 heteroatoms. The van der Waals surface area contributed by atoms with E-state index in [0.29, 0.717) is 6.42 Å². The van der Waals surface area contributed by atoms with E-state index < -0.39 is 11.9 Å². The number of para-hydroxylation sites is 1. The van der Waals surface area contributed by atoms with Crippen molar-refractivity contribution in [1.82, 2.24) is 4.98 Å². The second-order valence-electron chi connectivity index (χ2n) is 5.76. The van der Waals surface area contributed by atoms with Crippen molar-refractivity contribution in [1.29, 1.82) is 0 Å². The number of carboxylic acids is 1. The fourth-order valence-corrected chi connectivity index (χ4v) is 2.82. The zero-order chi connectivity index (χ0) is 15.1. The highest BCUT2D eigenvalue weighted by Crippen LogP contribution is 2.26. The molecular formula is C18H25NO2. The monoisotopic (exact) mass is 287 g/mol. The van der Waals surface area contributed by atoms with Crippen LogP contribution in [0.4, 0.5) is 0 Å². The molecule has 1 unspecified atom stereocenters. The number of carboxylic acid groups (broad SMARTS) is 1. The SMILES string of the molecule is CCCCCCCCC(C(=O)O)c1cc2ccccc2[nH]1. The first-order valence-electron chi connectivity index (χ1n) is 8.03. The molecule has 1 heterocycles. The third-order valence-corrected chi connectivity index (χ3v) is 4.07. The summed E-state index contributed by atoms with van der Waals surface area (Å²) in [5, 5.41) is 10.6. The lowest BCUT2D eigenvalue weighted by molar-refractivity contribution is -0.139. The Kier molecular flexibility index (Phi) is 5.85. The Morgan fingerprint density at radius 3 is 2.57 bits per heavy atom. The van der Waals surface area contributed by atoms with Gasteiger partial charge in [0.2, 0.25) is 0 Å². The summed E-state index contributed by atoms with van der Waals surface area (Å²) >= 11 is 0. The van der Waals surface area contributed by atoms with Crippen molar-refractivity contribution >= 4 is 16.9 Å². The summed E-state index contributed by atoms with van der Waals surface area (Å²) in [4.78, 5) is 14.8. The van der Waals surface area contributed by atoms with Crippen LogP contribution in [-0.2, 0) is 4.79 Å². The zero-order valence-electron chi connectivity index (χ0n) is 12.8. The Bertz CT molecular complexity index is 540. The molecule has 0 saturated carbocycles. The largest absolute Gasteiger partial charge is 0.481 e. The summed E-state index contributed by atoms with van der Waals surface area (Å²) in [7, 11) is 0. The number of carbonyl (C=O) groups is 1. The predicted octanol–water partition coefficient (Wildman–Crippen LogP) is 5.09. The molecule has 3 nitrogen and oxygen atoms in total. The molecule has 0 saturated heterocycles. The Balaban J connectivity index is 1.94. The minimum atomic E-state index is -0.727. The van der Waals surface area contributed by atoms with Crippen LogP contribution in [0, 0.1) is 0 Å². The third-order valence-electron chi connectivity index (χ3n) is 4.07. The van der Waals surface area contributed by atoms with Crippen LogP contribution in [-0.4, -0.2) is 16.1 Å². The smallest absolute Gasteiger partial charge is 0.312 e. The van der Waals surface area contributed by atoms with Gasteiger partial charge in [-0.3, -0.25) is 4.79 Å². The van der Waals surface area contributed by atoms with Gasteiger partial charge in [-0.25, -0.2) is 0 Å². The normalized spacial score (nSPS) is 12.6. The van der Waals surface area contributed by atoms with Crippen LogP contribution >= 0.6 is 0 Å². The average molecular weight is 287 g/mol. The number of aromatic amines is 1. The number of aliphatic carboxylic acids is 1. The van der Waals surface area contributed by atoms with E-state index in [-0.39, 0.29) is 0 Å². The van der Waals surface area contributed by atoms with Crippen molar-refractivity contribution in [2.24, 2.45) is 0 Å². The van der Waals surface area contributed by atoms with E-state index in [1.807, 2.05) is 30.3 Å². The molecule has 0 aliphatic heterocycles. The number of unbranched alkanes of at least 4 members (excludes halogenated alkanes) is 5. The van der Waals surface area contributed by atoms with Gasteiger partial charge in [0.25, 0.3) is 0 Å². The summed E-state index contributed by atoms with van der Waals surface area (Å²) in [5.74, 6) is -1.14. The summed E-state index contributed by atoms with van der Waals surface area (Å²) in [5.41, 5.74) is 1.85. The quantitative estimate of drug-likeness (QED) is 0.631. The first kappa shape index (κ1) is 15.6. The van der Waals surface area contributed by atoms with Crippen molar-refractivity contribution in [3.8, 4) is 0 Å². The molecule has 0 spiro atoms. The van der Waals surface area contributed by atoms with Crippen molar-refractivity contribution in [3.63, 3.8) is 0 Å². The summed E-state index contributed by atoms with van der Waals surface area (Å²) < 4.78 is 0. The molecular weight excluding hydrogens is 262 g/mol. The molecule has 1 aromatic carbocycles. The number of fused-ring (bicyclic) bond motifs is 1. The van der Waals surface area contributed by atoms with Gasteiger partial charge in [0.15, 0.2) is 0 Å². The number of benzene rings is 1. The Labute approximate surface area is 126 Å². The maximum absolute atomic E-state index is 11.5. The Morgan fingerprint density at radius 1 is 1.14 bits per heavy atom. The van der Waals surface area contributed by atoms with Crippen LogP contribution in [0.25, 0.3) is 10.9 Å². The Morgan fingerprint density at radius 2 is 1.86 bits per heavy atom. The van der Waals surface area contributed by atoms with Gasteiger partial charge >= 0.3 is 5.97 Å². The predicted molar refractivity (Wildman–Crippen MR) is 86.7 cm³/mol. The summed E-state index contributed by atoms with van der Waals surface area (Å²) in [6, 6.07) is 9.92. The van der Waals surface area contributed by atoms with E-state index in [0.717, 1.165) is 29.4 Å². The molecule has 0 amide bonds. The number of aromatic nitrogens is 1. The van der Waals surface area contributed by atoms with Crippen LogP contribution in [0.1, 0.15) is 63.5 Å². The van der Waals surface area contributed by atoms with Gasteiger partial charge in [0, 0.05) is 11.2 Å². The van der Waals surface area contributed by atoms with E-state index in [9.17, 15) is 9.90 Å². The van der Waals surface area contributed by atoms with Gasteiger partial charge in [-0.15, -0.1) is 0 Å². The van der Waals surface area contributed by atoms with Crippen LogP contribution in [0.2, 0.25) is 0 Å². The van der Waals surface area contributed by atoms with Gasteiger partial charge in [0.05, 0.1) is 5.92 Å². The highest BCUT2D eigenvalue weighted by atomic mass is 16.4. The maximum Gasteiger partial charge on any atom is 0.312 e. The standard InChI is InChI=1S/C18H25NO2/c1-2-3-4-5-6-7-11-15(18(20)21)17-13-14-10-8-9-12-16(14)19-17/h8-10,12-13,15,19H,2-7,11H2,1H3,(H,20,21). The van der Waals surface area contributed by atoms with Crippen molar-refractivity contribution in [2.45, 2.75) is 57.8 Å². The molecule has 2 N–H and O–H groups in total. The molecule has 0 aliphatic rings. The summed E-state index contributed by atoms with van der Waals surface area (Å²) in [6.45, 7) is 2.20. The van der Waals surface area contributed by atoms with Crippen LogP contribution in [0.3, 0.4) is 0 Å². The molecule has 2 aromatic rings. The average Bonchev–Trinajstić information content (AvgIpc) is 2.89. The number of hydrogen-bond donors (Lipinski definition) is 2. The van der Waals surface area contributed by atoms with Crippen LogP contribution in [0.15, 0.2) is 30.3 Å². The Hall–Kier alpha value is -1.77. The molecule has 1 atom stereocenters. The van der Waals surface area contributed by atoms with Crippen molar-refractivity contribution in [3.05, 3.63) is 36.0 Å². The van der Waals surface area contributed by atoms with Crippen LogP contribution in [0.5, 0.6) is 0 Å². The molecule has 21 heavy (non-hydrogen) atoms. The minimum absolute atomic E-state index is 0.413. The van der Waals surface area contributed by atoms with Gasteiger partial charge < -0.3 is 10.1 Å². The molecule has 0 radical (unpaired) electrons. The molecule has 0 aliphatic carbocycles. The van der Waals surface area contributed by atoms with E-state index in [1.165, 1.54) is 25.7 Å². The van der Waals surface area contributed by atoms with Gasteiger partial charge in [-0.2, -0.15) is 0 Å². The topological polar surface area (TPSA) is 53.1 Å². The molecule has 0 bridgehead atoms. The van der Waals surface area contributed by atoms with Crippen LogP contribution < -0.4 is 0 Å². The van der Waals surface area contributed by atoms with E-state index >= 15 is 0 Å². The van der Waals surface area contributed by atoms with Gasteiger partial charge in [0.1, 0.15) is 0 Å². The zero-order valence-corrected chi connectivity index (χ0v) is 12.8. The number of H-pyrrole nitrogens is 1. The highest BCUT2D eigenvalue weighted by molar-refractivity contribution is 5.83. The first-order chi connectivity index (χ1) is 10.2. The van der Waals surface area contributed by atoms with E-state index in [2.05, 4.69) is 11.9 Å². The number of rotatable bonds is 9. The van der Waals surface area contributed by atoms with E-state index in [1.54, 1.807) is 0 Å². The lowest BCUT2D eigenvalue weighted by Crippen LogP contribution is -2.12. The first-order valence-corrected chi connectivity index (χ1v) is 8.03. The fourth-order valence-electron chi connectivity index (χ4n) is 2.82. The second kappa shape index (κ2) is 7.87. The molecule has 2 rings (SSSR count). The molecule has 0 fully saturated rings.